The van der Waals surface area contributed by atoms with E-state index in [4.69, 9.17) is 29.9 Å². The van der Waals surface area contributed by atoms with Gasteiger partial charge in [-0.3, -0.25) is 0 Å². The Morgan fingerprint density at radius 2 is 1.40 bits per heavy atom. The van der Waals surface area contributed by atoms with E-state index in [1.165, 1.54) is 30.8 Å². The van der Waals surface area contributed by atoms with Gasteiger partial charge in [0.05, 0.1) is 31.8 Å². The van der Waals surface area contributed by atoms with Crippen molar-refractivity contribution in [1.29, 1.82) is 0 Å². The van der Waals surface area contributed by atoms with Crippen molar-refractivity contribution in [1.82, 2.24) is 39.9 Å². The maximum Gasteiger partial charge on any atom is 0.170 e. The van der Waals surface area contributed by atoms with E-state index in [9.17, 15) is 0 Å². The zero-order valence-corrected chi connectivity index (χ0v) is 35.4. The van der Waals surface area contributed by atoms with Crippen LogP contribution in [0.25, 0.3) is 44.2 Å². The molecule has 3 aromatic heterocycles. The summed E-state index contributed by atoms with van der Waals surface area (Å²) < 4.78 is 0. The van der Waals surface area contributed by atoms with Gasteiger partial charge in [-0.25, -0.2) is 29.9 Å². The monoisotopic (exact) mass is 814 g/mol. The third-order valence-electron chi connectivity index (χ3n) is 5.38. The van der Waals surface area contributed by atoms with Gasteiger partial charge in [-0.05, 0) is 69.6 Å². The van der Waals surface area contributed by atoms with Gasteiger partial charge in [-0.2, -0.15) is 0 Å². The van der Waals surface area contributed by atoms with Crippen molar-refractivity contribution in [3.63, 3.8) is 0 Å². The van der Waals surface area contributed by atoms with Crippen LogP contribution in [0.1, 0.15) is 23.3 Å². The molecule has 0 saturated heterocycles. The molecule has 0 radical (unpaired) electrons. The number of nitrogens with one attached hydrogen (secondary N) is 2. The molecular formula is C16H14N8P16. The Morgan fingerprint density at radius 3 is 2.10 bits per heavy atom. The average molecular weight is 814 g/mol. The Kier molecular flexibility index (Phi) is 11.3. The van der Waals surface area contributed by atoms with Crippen LogP contribution in [-0.4, -0.2) is 50.5 Å². The number of fused-ring (bicyclic) bond motifs is 11. The van der Waals surface area contributed by atoms with Gasteiger partial charge in [0.15, 0.2) is 23.3 Å². The van der Waals surface area contributed by atoms with E-state index in [-0.39, 0.29) is 0 Å². The van der Waals surface area contributed by atoms with E-state index >= 15 is 0 Å². The highest BCUT2D eigenvalue weighted by Crippen LogP contribution is 2.53. The van der Waals surface area contributed by atoms with Crippen LogP contribution in [0.15, 0.2) is 0 Å². The third-order valence-corrected chi connectivity index (χ3v) is 24.3. The van der Waals surface area contributed by atoms with E-state index in [2.05, 4.69) is 64.1 Å². The molecule has 6 unspecified atom stereocenters. The highest BCUT2D eigenvalue weighted by atomic mass is 32.4. The summed E-state index contributed by atoms with van der Waals surface area (Å²) in [6.07, 6.45) is 0. The summed E-state index contributed by atoms with van der Waals surface area (Å²) in [5.74, 6) is 4.14. The lowest BCUT2D eigenvalue weighted by molar-refractivity contribution is 1.06. The predicted molar refractivity (Wildman–Crippen MR) is 212 cm³/mol. The van der Waals surface area contributed by atoms with Crippen molar-refractivity contribution >= 4 is 175 Å². The van der Waals surface area contributed by atoms with Crippen molar-refractivity contribution < 1.29 is 0 Å². The second-order valence-electron chi connectivity index (χ2n) is 7.61. The van der Waals surface area contributed by atoms with Gasteiger partial charge in [0, 0.05) is 10.6 Å². The highest BCUT2D eigenvalue weighted by molar-refractivity contribution is 8.38. The number of hydrogen-bond acceptors (Lipinski definition) is 6. The maximum absolute atomic E-state index is 5.09. The maximum atomic E-state index is 5.09. The first-order valence-corrected chi connectivity index (χ1v) is 30.8. The number of rotatable bonds is 3. The van der Waals surface area contributed by atoms with Crippen LogP contribution in [0.3, 0.4) is 0 Å². The second kappa shape index (κ2) is 14.1. The summed E-state index contributed by atoms with van der Waals surface area (Å²) in [4.78, 5) is 37.0. The first-order valence-electron chi connectivity index (χ1n) is 10.7. The van der Waals surface area contributed by atoms with Crippen molar-refractivity contribution in [2.24, 2.45) is 0 Å². The quantitative estimate of drug-likeness (QED) is 0.200. The Labute approximate surface area is 258 Å². The summed E-state index contributed by atoms with van der Waals surface area (Å²) in [5, 5.41) is 8.23. The van der Waals surface area contributed by atoms with Crippen molar-refractivity contribution in [2.75, 3.05) is 0 Å². The molecule has 0 saturated carbocycles. The fourth-order valence-electron chi connectivity index (χ4n) is 3.68. The van der Waals surface area contributed by atoms with Gasteiger partial charge in [-0.1, -0.05) is 25.7 Å². The van der Waals surface area contributed by atoms with Crippen LogP contribution in [0, 0.1) is 0 Å². The molecule has 2 N–H and O–H groups in total. The van der Waals surface area contributed by atoms with E-state index < -0.39 is 0 Å². The van der Waals surface area contributed by atoms with Gasteiger partial charge in [0.25, 0.3) is 0 Å². The molecule has 0 amide bonds. The molecule has 8 bridgehead atoms. The van der Waals surface area contributed by atoms with Crippen molar-refractivity contribution in [2.45, 2.75) is 0 Å². The zero-order valence-electron chi connectivity index (χ0n) is 19.6. The summed E-state index contributed by atoms with van der Waals surface area (Å²) in [5.41, 5.74) is 1.48. The minimum atomic E-state index is 0.610. The molecule has 24 heteroatoms. The molecule has 198 valence electrons. The Morgan fingerprint density at radius 1 is 0.750 bits per heavy atom. The molecule has 40 heavy (non-hydrogen) atoms. The van der Waals surface area contributed by atoms with E-state index in [0.717, 1.165) is 98.3 Å². The number of aromatic amines is 2. The summed E-state index contributed by atoms with van der Waals surface area (Å²) in [7, 11) is 29.1. The lowest BCUT2D eigenvalue weighted by Crippen LogP contribution is -2.08. The normalized spacial score (nSPS) is 16.1. The molecule has 6 atom stereocenters. The topological polar surface area (TPSA) is 109 Å². The smallest absolute Gasteiger partial charge is 0.170 e. The van der Waals surface area contributed by atoms with Crippen molar-refractivity contribution in [3.05, 3.63) is 23.3 Å². The SMILES string of the molecule is P=C1C(=PPP)c2nc3nc(nc4[nH]c(nc5nc(nc1[nH]2)-c1ppppc1-5)c(P=PP)c4P)C(P)=C3P=PP. The van der Waals surface area contributed by atoms with Gasteiger partial charge < -0.3 is 9.97 Å². The van der Waals surface area contributed by atoms with E-state index in [0.29, 0.717) is 37.1 Å². The van der Waals surface area contributed by atoms with E-state index in [1.54, 1.807) is 0 Å². The molecule has 3 aliphatic rings. The van der Waals surface area contributed by atoms with E-state index in [1.807, 2.05) is 0 Å². The lowest BCUT2D eigenvalue weighted by Gasteiger charge is -1.98. The fourth-order valence-corrected chi connectivity index (χ4v) is 22.0. The molecule has 3 aliphatic heterocycles. The van der Waals surface area contributed by atoms with Gasteiger partial charge in [-0.15, -0.1) is 36.3 Å². The first kappa shape index (κ1) is 31.9. The number of nitrogens with zero attached hydrogens (tertiary/aromatic N) is 6. The summed E-state index contributed by atoms with van der Waals surface area (Å²) in [6.45, 7) is 0. The number of aromatic nitrogens is 8. The summed E-state index contributed by atoms with van der Waals surface area (Å²) in [6, 6.07) is 0. The molecule has 3 aromatic rings. The Hall–Kier alpha value is 1.90. The largest absolute Gasteiger partial charge is 0.323 e. The molecule has 0 aliphatic carbocycles. The molecule has 0 spiro atoms. The van der Waals surface area contributed by atoms with Crippen LogP contribution in [-0.2, 0) is 0 Å². The van der Waals surface area contributed by atoms with Crippen LogP contribution >= 0.6 is 132 Å². The third kappa shape index (κ3) is 6.30. The van der Waals surface area contributed by atoms with Crippen molar-refractivity contribution in [3.8, 4) is 22.2 Å². The predicted octanol–water partition coefficient (Wildman–Crippen LogP) is 9.51. The lowest BCUT2D eigenvalue weighted by atomic mass is 10.3. The summed E-state index contributed by atoms with van der Waals surface area (Å²) >= 11 is 0. The Bertz CT molecular complexity index is 1930. The second-order valence-corrected chi connectivity index (χ2v) is 29.6. The zero-order chi connectivity index (χ0) is 28.0. The molecule has 6 rings (SSSR count). The van der Waals surface area contributed by atoms with Gasteiger partial charge in [0.1, 0.15) is 22.9 Å². The minimum Gasteiger partial charge on any atom is -0.323 e. The first-order chi connectivity index (χ1) is 19.4. The average Bonchev–Trinajstić information content (AvgIpc) is 3.62. The number of H-pyrrole nitrogens is 2. The standard InChI is InChI=1S/C16H14N8P16/c25-1-4(31-36-28)12-18-9(1)17-10-2(26)5(32-37-29)14(19-10)23-16-8-7(34-39-40-35-8)15(24-16)21-11-3(27)6(33-38-30)13(20-11)22-12/h27,38H,25-26,28-30H2,(H2,17,18,19,20,21,22,23,24). The fraction of sp³-hybridized carbons (Fsp3) is 0. The van der Waals surface area contributed by atoms with Crippen LogP contribution in [0.4, 0.5) is 0 Å². The molecular weight excluding hydrogens is 800 g/mol. The molecule has 0 fully saturated rings. The molecule has 0 aromatic carbocycles. The van der Waals surface area contributed by atoms with Crippen LogP contribution in [0.5, 0.6) is 0 Å². The molecule has 8 nitrogen and oxygen atoms in total. The highest BCUT2D eigenvalue weighted by Gasteiger charge is 2.26. The van der Waals surface area contributed by atoms with Crippen LogP contribution < -0.4 is 10.6 Å². The van der Waals surface area contributed by atoms with Crippen LogP contribution in [0.2, 0.25) is 0 Å². The number of hydrogen-bond donors (Lipinski definition) is 2. The van der Waals surface area contributed by atoms with Gasteiger partial charge in [0.2, 0.25) is 0 Å². The minimum absolute atomic E-state index is 0.610. The Balaban J connectivity index is 1.80. The van der Waals surface area contributed by atoms with Gasteiger partial charge >= 0.3 is 0 Å². The molecule has 6 heterocycles.